The summed E-state index contributed by atoms with van der Waals surface area (Å²) in [5, 5.41) is 0.697. The summed E-state index contributed by atoms with van der Waals surface area (Å²) in [4.78, 5) is 16.1. The van der Waals surface area contributed by atoms with Crippen LogP contribution in [-0.2, 0) is 11.3 Å². The van der Waals surface area contributed by atoms with Crippen molar-refractivity contribution >= 4 is 17.5 Å². The largest absolute Gasteiger partial charge is 0.340 e. The zero-order chi connectivity index (χ0) is 14.7. The molecular formula is C15H22ClN3O. The third-order valence-corrected chi connectivity index (χ3v) is 4.07. The maximum Gasteiger partial charge on any atom is 0.236 e. The van der Waals surface area contributed by atoms with E-state index in [-0.39, 0.29) is 11.9 Å². The van der Waals surface area contributed by atoms with Crippen molar-refractivity contribution in [1.82, 2.24) is 9.80 Å². The highest BCUT2D eigenvalue weighted by Crippen LogP contribution is 2.15. The summed E-state index contributed by atoms with van der Waals surface area (Å²) in [5.41, 5.74) is 7.02. The Bertz CT molecular complexity index is 470. The van der Waals surface area contributed by atoms with Gasteiger partial charge in [-0.25, -0.2) is 0 Å². The Morgan fingerprint density at radius 3 is 2.85 bits per heavy atom. The molecule has 1 aliphatic rings. The van der Waals surface area contributed by atoms with Gasteiger partial charge in [0, 0.05) is 37.7 Å². The fourth-order valence-corrected chi connectivity index (χ4v) is 2.75. The van der Waals surface area contributed by atoms with Gasteiger partial charge in [-0.05, 0) is 23.6 Å². The summed E-state index contributed by atoms with van der Waals surface area (Å²) in [6.07, 6.45) is 0. The lowest BCUT2D eigenvalue weighted by atomic mass is 10.1. The molecule has 1 saturated heterocycles. The molecule has 5 heteroatoms. The van der Waals surface area contributed by atoms with Gasteiger partial charge in [-0.3, -0.25) is 9.69 Å². The summed E-state index contributed by atoms with van der Waals surface area (Å²) in [6.45, 7) is 4.85. The van der Waals surface area contributed by atoms with E-state index in [1.165, 1.54) is 0 Å². The third kappa shape index (κ3) is 3.95. The first-order chi connectivity index (χ1) is 9.45. The standard InChI is InChI=1S/C15H22ClN3O/c1-11-7-19(9-14(11)17)10-15(20)18(2)8-12-4-3-5-13(16)6-12/h3-6,11,14H,7-10,17H2,1-2H3. The molecule has 2 unspecified atom stereocenters. The quantitative estimate of drug-likeness (QED) is 0.917. The summed E-state index contributed by atoms with van der Waals surface area (Å²) < 4.78 is 0. The van der Waals surface area contributed by atoms with E-state index in [9.17, 15) is 4.79 Å². The van der Waals surface area contributed by atoms with Crippen LogP contribution in [0, 0.1) is 5.92 Å². The van der Waals surface area contributed by atoms with Crippen LogP contribution in [0.3, 0.4) is 0 Å². The lowest BCUT2D eigenvalue weighted by Gasteiger charge is -2.21. The number of carbonyl (C=O) groups is 1. The molecule has 4 nitrogen and oxygen atoms in total. The average molecular weight is 296 g/mol. The maximum atomic E-state index is 12.2. The molecule has 2 atom stereocenters. The first-order valence-electron chi connectivity index (χ1n) is 6.92. The van der Waals surface area contributed by atoms with E-state index in [1.807, 2.05) is 31.3 Å². The molecule has 1 amide bonds. The molecule has 0 saturated carbocycles. The highest BCUT2D eigenvalue weighted by molar-refractivity contribution is 6.30. The molecule has 1 heterocycles. The minimum Gasteiger partial charge on any atom is -0.340 e. The van der Waals surface area contributed by atoms with Gasteiger partial charge in [0.25, 0.3) is 0 Å². The second-order valence-electron chi connectivity index (χ2n) is 5.71. The van der Waals surface area contributed by atoms with Gasteiger partial charge in [-0.2, -0.15) is 0 Å². The Kier molecular flexibility index (Phi) is 5.02. The highest BCUT2D eigenvalue weighted by Gasteiger charge is 2.28. The molecule has 2 rings (SSSR count). The molecule has 110 valence electrons. The molecule has 0 spiro atoms. The number of amides is 1. The van der Waals surface area contributed by atoms with Crippen LogP contribution in [0.15, 0.2) is 24.3 Å². The topological polar surface area (TPSA) is 49.6 Å². The lowest BCUT2D eigenvalue weighted by molar-refractivity contribution is -0.131. The van der Waals surface area contributed by atoms with Crippen molar-refractivity contribution in [3.8, 4) is 0 Å². The second kappa shape index (κ2) is 6.57. The average Bonchev–Trinajstić information content (AvgIpc) is 2.68. The number of likely N-dealkylation sites (N-methyl/N-ethyl adjacent to an activating group) is 1. The molecule has 1 aromatic carbocycles. The number of hydrogen-bond acceptors (Lipinski definition) is 3. The summed E-state index contributed by atoms with van der Waals surface area (Å²) in [5.74, 6) is 0.576. The molecule has 0 aromatic heterocycles. The van der Waals surface area contributed by atoms with Crippen LogP contribution >= 0.6 is 11.6 Å². The van der Waals surface area contributed by atoms with E-state index in [0.29, 0.717) is 24.0 Å². The first-order valence-corrected chi connectivity index (χ1v) is 7.30. The Labute approximate surface area is 125 Å². The van der Waals surface area contributed by atoms with Crippen molar-refractivity contribution < 1.29 is 4.79 Å². The zero-order valence-corrected chi connectivity index (χ0v) is 12.8. The van der Waals surface area contributed by atoms with Crippen molar-refractivity contribution in [3.63, 3.8) is 0 Å². The van der Waals surface area contributed by atoms with E-state index in [1.54, 1.807) is 4.90 Å². The van der Waals surface area contributed by atoms with E-state index < -0.39 is 0 Å². The summed E-state index contributed by atoms with van der Waals surface area (Å²) in [6, 6.07) is 7.78. The highest BCUT2D eigenvalue weighted by atomic mass is 35.5. The van der Waals surface area contributed by atoms with Gasteiger partial charge in [0.05, 0.1) is 6.54 Å². The zero-order valence-electron chi connectivity index (χ0n) is 12.1. The van der Waals surface area contributed by atoms with Gasteiger partial charge in [0.1, 0.15) is 0 Å². The fourth-order valence-electron chi connectivity index (χ4n) is 2.53. The van der Waals surface area contributed by atoms with Gasteiger partial charge in [0.15, 0.2) is 0 Å². The van der Waals surface area contributed by atoms with Gasteiger partial charge in [-0.15, -0.1) is 0 Å². The number of benzene rings is 1. The lowest BCUT2D eigenvalue weighted by Crippen LogP contribution is -2.38. The van der Waals surface area contributed by atoms with E-state index >= 15 is 0 Å². The van der Waals surface area contributed by atoms with Crippen LogP contribution in [0.5, 0.6) is 0 Å². The number of carbonyl (C=O) groups excluding carboxylic acids is 1. The Morgan fingerprint density at radius 1 is 1.50 bits per heavy atom. The van der Waals surface area contributed by atoms with Gasteiger partial charge < -0.3 is 10.6 Å². The number of hydrogen-bond donors (Lipinski definition) is 1. The molecule has 1 aliphatic heterocycles. The molecule has 20 heavy (non-hydrogen) atoms. The van der Waals surface area contributed by atoms with Crippen molar-refractivity contribution in [1.29, 1.82) is 0 Å². The molecule has 1 aromatic rings. The predicted octanol–water partition coefficient (Wildman–Crippen LogP) is 1.58. The maximum absolute atomic E-state index is 12.2. The number of rotatable bonds is 4. The second-order valence-corrected chi connectivity index (χ2v) is 6.15. The molecule has 0 aliphatic carbocycles. The Morgan fingerprint density at radius 2 is 2.25 bits per heavy atom. The van der Waals surface area contributed by atoms with Gasteiger partial charge >= 0.3 is 0 Å². The van der Waals surface area contributed by atoms with Crippen molar-refractivity contribution in [2.75, 3.05) is 26.7 Å². The first kappa shape index (κ1) is 15.3. The van der Waals surface area contributed by atoms with Crippen molar-refractivity contribution in [2.24, 2.45) is 11.7 Å². The minimum absolute atomic E-state index is 0.117. The monoisotopic (exact) mass is 295 g/mol. The van der Waals surface area contributed by atoms with Crippen LogP contribution in [-0.4, -0.2) is 48.4 Å². The van der Waals surface area contributed by atoms with Crippen LogP contribution in [0.25, 0.3) is 0 Å². The van der Waals surface area contributed by atoms with E-state index in [2.05, 4.69) is 11.8 Å². The van der Waals surface area contributed by atoms with Gasteiger partial charge in [-0.1, -0.05) is 30.7 Å². The normalized spacial score (nSPS) is 23.0. The smallest absolute Gasteiger partial charge is 0.236 e. The predicted molar refractivity (Wildman–Crippen MR) is 81.5 cm³/mol. The third-order valence-electron chi connectivity index (χ3n) is 3.84. The summed E-state index contributed by atoms with van der Waals surface area (Å²) in [7, 11) is 1.82. The van der Waals surface area contributed by atoms with Crippen molar-refractivity contribution in [3.05, 3.63) is 34.9 Å². The summed E-state index contributed by atoms with van der Waals surface area (Å²) >= 11 is 5.95. The molecule has 2 N–H and O–H groups in total. The number of nitrogens with zero attached hydrogens (tertiary/aromatic N) is 2. The Hall–Kier alpha value is -1.10. The van der Waals surface area contributed by atoms with Crippen LogP contribution in [0.2, 0.25) is 5.02 Å². The number of halogens is 1. The molecular weight excluding hydrogens is 274 g/mol. The molecule has 0 radical (unpaired) electrons. The van der Waals surface area contributed by atoms with Crippen LogP contribution in [0.1, 0.15) is 12.5 Å². The van der Waals surface area contributed by atoms with Crippen LogP contribution in [0.4, 0.5) is 0 Å². The molecule has 1 fully saturated rings. The SMILES string of the molecule is CC1CN(CC(=O)N(C)Cc2cccc(Cl)c2)CC1N. The van der Waals surface area contributed by atoms with E-state index in [4.69, 9.17) is 17.3 Å². The van der Waals surface area contributed by atoms with E-state index in [0.717, 1.165) is 18.7 Å². The number of likely N-dealkylation sites (tertiary alicyclic amines) is 1. The molecule has 0 bridgehead atoms. The van der Waals surface area contributed by atoms with Gasteiger partial charge in [0.2, 0.25) is 5.91 Å². The Balaban J connectivity index is 1.86. The number of nitrogens with two attached hydrogens (primary N) is 1. The van der Waals surface area contributed by atoms with Crippen molar-refractivity contribution in [2.45, 2.75) is 19.5 Å². The fraction of sp³-hybridized carbons (Fsp3) is 0.533. The minimum atomic E-state index is 0.117. The van der Waals surface area contributed by atoms with Crippen LogP contribution < -0.4 is 5.73 Å².